The van der Waals surface area contributed by atoms with Crippen molar-refractivity contribution in [3.63, 3.8) is 0 Å². The van der Waals surface area contributed by atoms with E-state index in [1.165, 1.54) is 10.4 Å². The predicted octanol–water partition coefficient (Wildman–Crippen LogP) is 3.79. The third-order valence-corrected chi connectivity index (χ3v) is 4.46. The molecule has 2 heterocycles. The molecule has 0 unspecified atom stereocenters. The minimum atomic E-state index is 0.0573. The molecule has 0 bridgehead atoms. The van der Waals surface area contributed by atoms with Gasteiger partial charge in [-0.2, -0.15) is 0 Å². The van der Waals surface area contributed by atoms with E-state index < -0.39 is 0 Å². The maximum atomic E-state index is 12.3. The van der Waals surface area contributed by atoms with E-state index in [0.29, 0.717) is 6.54 Å². The van der Waals surface area contributed by atoms with Crippen LogP contribution in [0.2, 0.25) is 0 Å². The van der Waals surface area contributed by atoms with Gasteiger partial charge in [-0.1, -0.05) is 6.92 Å². The molecule has 0 radical (unpaired) electrons. The van der Waals surface area contributed by atoms with Crippen molar-refractivity contribution >= 4 is 17.2 Å². The van der Waals surface area contributed by atoms with Gasteiger partial charge in [0, 0.05) is 11.9 Å². The largest absolute Gasteiger partial charge is 0.464 e. The quantitative estimate of drug-likeness (QED) is 0.852. The van der Waals surface area contributed by atoms with Gasteiger partial charge in [0.05, 0.1) is 11.4 Å². The second-order valence-electron chi connectivity index (χ2n) is 4.74. The number of carbonyl (C=O) groups is 1. The van der Waals surface area contributed by atoms with Crippen LogP contribution in [0.4, 0.5) is 0 Å². The Hall–Kier alpha value is -1.55. The van der Waals surface area contributed by atoms with Gasteiger partial charge in [-0.15, -0.1) is 11.3 Å². The molecular formula is C15H19NO2S. The van der Waals surface area contributed by atoms with E-state index in [1.54, 1.807) is 23.3 Å². The first-order valence-corrected chi connectivity index (χ1v) is 7.23. The molecule has 0 spiro atoms. The number of amides is 1. The molecular weight excluding hydrogens is 258 g/mol. The summed E-state index contributed by atoms with van der Waals surface area (Å²) in [7, 11) is 1.81. The molecule has 19 heavy (non-hydrogen) atoms. The Balaban J connectivity index is 2.09. The second-order valence-corrected chi connectivity index (χ2v) is 5.88. The van der Waals surface area contributed by atoms with Gasteiger partial charge in [0.25, 0.3) is 5.91 Å². The van der Waals surface area contributed by atoms with Crippen LogP contribution in [0.5, 0.6) is 0 Å². The molecule has 1 amide bonds. The topological polar surface area (TPSA) is 33.5 Å². The highest BCUT2D eigenvalue weighted by molar-refractivity contribution is 7.14. The SMILES string of the molecule is CCc1sc(C(=O)N(C)Cc2ccc(C)o2)cc1C. The van der Waals surface area contributed by atoms with Crippen molar-refractivity contribution in [2.75, 3.05) is 7.05 Å². The van der Waals surface area contributed by atoms with Crippen LogP contribution in [0.1, 0.15) is 38.6 Å². The Morgan fingerprint density at radius 2 is 2.11 bits per heavy atom. The number of furan rings is 1. The number of thiophene rings is 1. The first kappa shape index (κ1) is 13.9. The molecule has 0 fully saturated rings. The number of nitrogens with zero attached hydrogens (tertiary/aromatic N) is 1. The number of aryl methyl sites for hydroxylation is 3. The highest BCUT2D eigenvalue weighted by atomic mass is 32.1. The van der Waals surface area contributed by atoms with Crippen LogP contribution in [-0.2, 0) is 13.0 Å². The molecule has 0 saturated carbocycles. The third-order valence-electron chi connectivity index (χ3n) is 3.09. The Labute approximate surface area is 117 Å². The molecule has 0 aromatic carbocycles. The van der Waals surface area contributed by atoms with Gasteiger partial charge in [-0.3, -0.25) is 4.79 Å². The Bertz CT molecular complexity index is 583. The maximum absolute atomic E-state index is 12.3. The number of hydrogen-bond acceptors (Lipinski definition) is 3. The van der Waals surface area contributed by atoms with E-state index in [4.69, 9.17) is 4.42 Å². The first-order chi connectivity index (χ1) is 9.01. The molecule has 2 rings (SSSR count). The van der Waals surface area contributed by atoms with Gasteiger partial charge in [0.2, 0.25) is 0 Å². The lowest BCUT2D eigenvalue weighted by molar-refractivity contribution is 0.0779. The molecule has 0 aliphatic carbocycles. The lowest BCUT2D eigenvalue weighted by Crippen LogP contribution is -2.25. The molecule has 102 valence electrons. The average Bonchev–Trinajstić information content (AvgIpc) is 2.94. The summed E-state index contributed by atoms with van der Waals surface area (Å²) in [6, 6.07) is 5.81. The highest BCUT2D eigenvalue weighted by Gasteiger charge is 2.17. The summed E-state index contributed by atoms with van der Waals surface area (Å²) in [6.07, 6.45) is 0.977. The van der Waals surface area contributed by atoms with Crippen LogP contribution >= 0.6 is 11.3 Å². The molecule has 0 N–H and O–H groups in total. The molecule has 2 aromatic heterocycles. The molecule has 4 heteroatoms. The lowest BCUT2D eigenvalue weighted by atomic mass is 10.2. The van der Waals surface area contributed by atoms with Crippen molar-refractivity contribution < 1.29 is 9.21 Å². The Morgan fingerprint density at radius 3 is 2.63 bits per heavy atom. The summed E-state index contributed by atoms with van der Waals surface area (Å²) in [4.78, 5) is 16.1. The van der Waals surface area contributed by atoms with Gasteiger partial charge in [-0.05, 0) is 44.0 Å². The number of hydrogen-bond donors (Lipinski definition) is 0. The average molecular weight is 277 g/mol. The minimum Gasteiger partial charge on any atom is -0.464 e. The number of carbonyl (C=O) groups excluding carboxylic acids is 1. The lowest BCUT2D eigenvalue weighted by Gasteiger charge is -2.14. The van der Waals surface area contributed by atoms with Crippen molar-refractivity contribution in [2.24, 2.45) is 0 Å². The van der Waals surface area contributed by atoms with Gasteiger partial charge in [-0.25, -0.2) is 0 Å². The van der Waals surface area contributed by atoms with E-state index in [0.717, 1.165) is 22.8 Å². The van der Waals surface area contributed by atoms with E-state index in [1.807, 2.05) is 25.1 Å². The third kappa shape index (κ3) is 3.07. The van der Waals surface area contributed by atoms with Gasteiger partial charge >= 0.3 is 0 Å². The van der Waals surface area contributed by atoms with E-state index in [-0.39, 0.29) is 5.91 Å². The molecule has 0 aliphatic heterocycles. The minimum absolute atomic E-state index is 0.0573. The molecule has 0 aliphatic rings. The predicted molar refractivity (Wildman–Crippen MR) is 77.7 cm³/mol. The van der Waals surface area contributed by atoms with Crippen LogP contribution in [-0.4, -0.2) is 17.9 Å². The van der Waals surface area contributed by atoms with Crippen LogP contribution in [0, 0.1) is 13.8 Å². The zero-order valence-electron chi connectivity index (χ0n) is 11.8. The fourth-order valence-corrected chi connectivity index (χ4v) is 3.15. The normalized spacial score (nSPS) is 10.7. The van der Waals surface area contributed by atoms with Gasteiger partial charge < -0.3 is 9.32 Å². The van der Waals surface area contributed by atoms with E-state index in [2.05, 4.69) is 13.8 Å². The molecule has 0 atom stereocenters. The van der Waals surface area contributed by atoms with Crippen molar-refractivity contribution in [3.05, 3.63) is 45.0 Å². The van der Waals surface area contributed by atoms with E-state index in [9.17, 15) is 4.79 Å². The second kappa shape index (κ2) is 5.61. The van der Waals surface area contributed by atoms with Crippen LogP contribution in [0.25, 0.3) is 0 Å². The fraction of sp³-hybridized carbons (Fsp3) is 0.400. The van der Waals surface area contributed by atoms with Crippen LogP contribution in [0.15, 0.2) is 22.6 Å². The van der Waals surface area contributed by atoms with Crippen LogP contribution in [0.3, 0.4) is 0 Å². The van der Waals surface area contributed by atoms with Gasteiger partial charge in [0.15, 0.2) is 0 Å². The zero-order chi connectivity index (χ0) is 14.0. The highest BCUT2D eigenvalue weighted by Crippen LogP contribution is 2.24. The summed E-state index contributed by atoms with van der Waals surface area (Å²) in [6.45, 7) is 6.58. The summed E-state index contributed by atoms with van der Waals surface area (Å²) in [5, 5.41) is 0. The Morgan fingerprint density at radius 1 is 1.37 bits per heavy atom. The monoisotopic (exact) mass is 277 g/mol. The van der Waals surface area contributed by atoms with Crippen molar-refractivity contribution in [3.8, 4) is 0 Å². The zero-order valence-corrected chi connectivity index (χ0v) is 12.6. The first-order valence-electron chi connectivity index (χ1n) is 6.41. The number of rotatable bonds is 4. The summed E-state index contributed by atoms with van der Waals surface area (Å²) in [5.41, 5.74) is 1.21. The molecule has 2 aromatic rings. The fourth-order valence-electron chi connectivity index (χ4n) is 2.04. The summed E-state index contributed by atoms with van der Waals surface area (Å²) in [5.74, 6) is 1.75. The van der Waals surface area contributed by atoms with Crippen molar-refractivity contribution in [1.82, 2.24) is 4.90 Å². The summed E-state index contributed by atoms with van der Waals surface area (Å²) < 4.78 is 5.50. The van der Waals surface area contributed by atoms with Gasteiger partial charge in [0.1, 0.15) is 11.5 Å². The Kier molecular flexibility index (Phi) is 4.10. The van der Waals surface area contributed by atoms with Crippen molar-refractivity contribution in [1.29, 1.82) is 0 Å². The van der Waals surface area contributed by atoms with E-state index >= 15 is 0 Å². The molecule has 3 nitrogen and oxygen atoms in total. The van der Waals surface area contributed by atoms with Crippen molar-refractivity contribution in [2.45, 2.75) is 33.7 Å². The van der Waals surface area contributed by atoms with Crippen LogP contribution < -0.4 is 0 Å². The summed E-state index contributed by atoms with van der Waals surface area (Å²) >= 11 is 1.59. The maximum Gasteiger partial charge on any atom is 0.264 e. The smallest absolute Gasteiger partial charge is 0.264 e. The molecule has 0 saturated heterocycles. The standard InChI is InChI=1S/C15H19NO2S/c1-5-13-10(2)8-14(19-13)15(17)16(4)9-12-7-6-11(3)18-12/h6-8H,5,9H2,1-4H3.